The van der Waals surface area contributed by atoms with Gasteiger partial charge in [-0.1, -0.05) is 23.7 Å². The normalized spacial score (nSPS) is 11.3. The van der Waals surface area contributed by atoms with Gasteiger partial charge in [0.25, 0.3) is 5.56 Å². The molecule has 23 heavy (non-hydrogen) atoms. The minimum absolute atomic E-state index is 0.259. The predicted octanol–water partition coefficient (Wildman–Crippen LogP) is 4.02. The number of hydrogen-bond acceptors (Lipinski definition) is 2. The summed E-state index contributed by atoms with van der Waals surface area (Å²) in [6.07, 6.45) is 1.48. The van der Waals surface area contributed by atoms with Crippen molar-refractivity contribution in [1.29, 1.82) is 0 Å². The second-order valence-electron chi connectivity index (χ2n) is 4.98. The summed E-state index contributed by atoms with van der Waals surface area (Å²) in [6, 6.07) is 12.8. The van der Waals surface area contributed by atoms with E-state index in [-0.39, 0.29) is 11.4 Å². The summed E-state index contributed by atoms with van der Waals surface area (Å²) in [5, 5.41) is 3.47. The van der Waals surface area contributed by atoms with Crippen LogP contribution in [0, 0.1) is 12.7 Å². The molecule has 0 amide bonds. The molecule has 1 heterocycles. The Kier molecular flexibility index (Phi) is 4.12. The van der Waals surface area contributed by atoms with Gasteiger partial charge in [0.1, 0.15) is 5.82 Å². The van der Waals surface area contributed by atoms with Crippen molar-refractivity contribution in [3.8, 4) is 5.69 Å². The lowest BCUT2D eigenvalue weighted by Gasteiger charge is -2.00. The Balaban J connectivity index is 2.00. The van der Waals surface area contributed by atoms with Crippen LogP contribution >= 0.6 is 11.6 Å². The van der Waals surface area contributed by atoms with Crippen LogP contribution in [-0.4, -0.2) is 16.0 Å². The average Bonchev–Trinajstić information content (AvgIpc) is 2.82. The van der Waals surface area contributed by atoms with Gasteiger partial charge in [-0.2, -0.15) is 0 Å². The van der Waals surface area contributed by atoms with E-state index in [4.69, 9.17) is 11.6 Å². The van der Waals surface area contributed by atoms with Crippen molar-refractivity contribution in [2.45, 2.75) is 6.92 Å². The monoisotopic (exact) mass is 329 g/mol. The number of aliphatic imine (C=N–C) groups is 1. The van der Waals surface area contributed by atoms with Gasteiger partial charge in [0, 0.05) is 11.9 Å². The molecule has 0 saturated carbocycles. The fourth-order valence-electron chi connectivity index (χ4n) is 2.17. The molecular formula is C17H13ClFN3O. The van der Waals surface area contributed by atoms with E-state index in [2.05, 4.69) is 10.1 Å². The number of halogens is 2. The third-order valence-electron chi connectivity index (χ3n) is 3.39. The van der Waals surface area contributed by atoms with Crippen LogP contribution in [0.1, 0.15) is 11.3 Å². The molecule has 3 aromatic rings. The molecule has 0 fully saturated rings. The minimum Gasteiger partial charge on any atom is -0.295 e. The zero-order chi connectivity index (χ0) is 16.4. The smallest absolute Gasteiger partial charge is 0.280 e. The maximum atomic E-state index is 13.0. The van der Waals surface area contributed by atoms with Gasteiger partial charge in [0.2, 0.25) is 0 Å². The standard InChI is InChI=1S/C17H13ClFN3O/c1-11-14(10-20-16-5-3-2-4-15(16)18)17(23)22(21-11)13-8-6-12(19)7-9-13/h2-10,21H,1H3. The van der Waals surface area contributed by atoms with Gasteiger partial charge in [-0.05, 0) is 43.3 Å². The number of para-hydroxylation sites is 1. The Hall–Kier alpha value is -2.66. The largest absolute Gasteiger partial charge is 0.295 e. The van der Waals surface area contributed by atoms with Crippen LogP contribution in [0.5, 0.6) is 0 Å². The predicted molar refractivity (Wildman–Crippen MR) is 89.8 cm³/mol. The second kappa shape index (κ2) is 6.22. The highest BCUT2D eigenvalue weighted by Crippen LogP contribution is 2.23. The number of aromatic amines is 1. The molecule has 0 unspecified atom stereocenters. The summed E-state index contributed by atoms with van der Waals surface area (Å²) in [5.41, 5.74) is 1.97. The fraction of sp³-hybridized carbons (Fsp3) is 0.0588. The maximum Gasteiger partial charge on any atom is 0.280 e. The van der Waals surface area contributed by atoms with Gasteiger partial charge >= 0.3 is 0 Å². The van der Waals surface area contributed by atoms with Crippen LogP contribution in [-0.2, 0) is 0 Å². The van der Waals surface area contributed by atoms with Crippen molar-refractivity contribution in [1.82, 2.24) is 9.78 Å². The molecule has 0 saturated heterocycles. The zero-order valence-corrected chi connectivity index (χ0v) is 13.0. The van der Waals surface area contributed by atoms with Crippen LogP contribution in [0.3, 0.4) is 0 Å². The Morgan fingerprint density at radius 3 is 2.57 bits per heavy atom. The number of rotatable bonds is 3. The number of H-pyrrole nitrogens is 1. The van der Waals surface area contributed by atoms with E-state index in [1.54, 1.807) is 19.1 Å². The summed E-state index contributed by atoms with van der Waals surface area (Å²) < 4.78 is 14.4. The van der Waals surface area contributed by atoms with E-state index in [0.29, 0.717) is 27.7 Å². The lowest BCUT2D eigenvalue weighted by molar-refractivity contribution is 0.627. The molecular weight excluding hydrogens is 317 g/mol. The molecule has 0 aliphatic rings. The number of nitrogens with one attached hydrogen (secondary N) is 1. The van der Waals surface area contributed by atoms with E-state index < -0.39 is 0 Å². The van der Waals surface area contributed by atoms with Crippen molar-refractivity contribution in [3.63, 3.8) is 0 Å². The van der Waals surface area contributed by atoms with Gasteiger partial charge < -0.3 is 0 Å². The topological polar surface area (TPSA) is 50.1 Å². The summed E-state index contributed by atoms with van der Waals surface area (Å²) >= 11 is 6.05. The molecule has 116 valence electrons. The van der Waals surface area contributed by atoms with Gasteiger partial charge in [-0.15, -0.1) is 0 Å². The average molecular weight is 330 g/mol. The van der Waals surface area contributed by atoms with Crippen LogP contribution in [0.15, 0.2) is 58.3 Å². The Morgan fingerprint density at radius 1 is 1.17 bits per heavy atom. The Morgan fingerprint density at radius 2 is 1.87 bits per heavy atom. The van der Waals surface area contributed by atoms with E-state index in [1.807, 2.05) is 12.1 Å². The van der Waals surface area contributed by atoms with Crippen molar-refractivity contribution < 1.29 is 4.39 Å². The summed E-state index contributed by atoms with van der Waals surface area (Å²) in [6.45, 7) is 1.77. The highest BCUT2D eigenvalue weighted by molar-refractivity contribution is 6.33. The molecule has 0 aliphatic carbocycles. The maximum absolute atomic E-state index is 13.0. The Labute approximate surface area is 136 Å². The van der Waals surface area contributed by atoms with Gasteiger partial charge in [0.05, 0.1) is 22.0 Å². The number of aryl methyl sites for hydroxylation is 1. The molecule has 0 bridgehead atoms. The summed E-state index contributed by atoms with van der Waals surface area (Å²) in [5.74, 6) is -0.356. The molecule has 0 atom stereocenters. The quantitative estimate of drug-likeness (QED) is 0.725. The number of hydrogen-bond donors (Lipinski definition) is 1. The number of aromatic nitrogens is 2. The first-order chi connectivity index (χ1) is 11.1. The number of nitrogens with zero attached hydrogens (tertiary/aromatic N) is 2. The van der Waals surface area contributed by atoms with E-state index in [0.717, 1.165) is 0 Å². The first-order valence-corrected chi connectivity index (χ1v) is 7.30. The van der Waals surface area contributed by atoms with E-state index >= 15 is 0 Å². The first kappa shape index (κ1) is 15.2. The molecule has 3 rings (SSSR count). The van der Waals surface area contributed by atoms with Crippen LogP contribution in [0.4, 0.5) is 10.1 Å². The van der Waals surface area contributed by atoms with Crippen molar-refractivity contribution in [3.05, 3.63) is 81.0 Å². The molecule has 4 nitrogen and oxygen atoms in total. The zero-order valence-electron chi connectivity index (χ0n) is 12.3. The molecule has 1 N–H and O–H groups in total. The van der Waals surface area contributed by atoms with Gasteiger partial charge in [-0.3, -0.25) is 14.9 Å². The van der Waals surface area contributed by atoms with Crippen LogP contribution in [0.25, 0.3) is 5.69 Å². The molecule has 0 aliphatic heterocycles. The fourth-order valence-corrected chi connectivity index (χ4v) is 2.36. The lowest BCUT2D eigenvalue weighted by atomic mass is 10.2. The molecule has 6 heteroatoms. The lowest BCUT2D eigenvalue weighted by Crippen LogP contribution is -2.17. The van der Waals surface area contributed by atoms with Crippen molar-refractivity contribution in [2.75, 3.05) is 0 Å². The number of benzene rings is 2. The summed E-state index contributed by atoms with van der Waals surface area (Å²) in [4.78, 5) is 16.8. The Bertz CT molecular complexity index is 926. The van der Waals surface area contributed by atoms with Crippen LogP contribution in [0.2, 0.25) is 5.02 Å². The SMILES string of the molecule is Cc1[nH]n(-c2ccc(F)cc2)c(=O)c1C=Nc1ccccc1Cl. The highest BCUT2D eigenvalue weighted by Gasteiger charge is 2.10. The van der Waals surface area contributed by atoms with Crippen LogP contribution < -0.4 is 5.56 Å². The molecule has 0 radical (unpaired) electrons. The second-order valence-corrected chi connectivity index (χ2v) is 5.38. The van der Waals surface area contributed by atoms with Crippen molar-refractivity contribution in [2.24, 2.45) is 4.99 Å². The highest BCUT2D eigenvalue weighted by atomic mass is 35.5. The first-order valence-electron chi connectivity index (χ1n) is 6.92. The van der Waals surface area contributed by atoms with E-state index in [1.165, 1.54) is 35.2 Å². The third kappa shape index (κ3) is 3.10. The van der Waals surface area contributed by atoms with E-state index in [9.17, 15) is 9.18 Å². The third-order valence-corrected chi connectivity index (χ3v) is 3.71. The van der Waals surface area contributed by atoms with Gasteiger partial charge in [0.15, 0.2) is 0 Å². The minimum atomic E-state index is -0.356. The molecule has 1 aromatic heterocycles. The van der Waals surface area contributed by atoms with Gasteiger partial charge in [-0.25, -0.2) is 9.07 Å². The summed E-state index contributed by atoms with van der Waals surface area (Å²) in [7, 11) is 0. The van der Waals surface area contributed by atoms with Crippen molar-refractivity contribution >= 4 is 23.5 Å². The molecule has 0 spiro atoms. The molecule has 2 aromatic carbocycles.